The van der Waals surface area contributed by atoms with Gasteiger partial charge in [0.2, 0.25) is 11.7 Å². The summed E-state index contributed by atoms with van der Waals surface area (Å²) in [6, 6.07) is 14.6. The molecular weight excluding hydrogens is 278 g/mol. The van der Waals surface area contributed by atoms with Crippen LogP contribution in [0.5, 0.6) is 0 Å². The van der Waals surface area contributed by atoms with Gasteiger partial charge >= 0.3 is 0 Å². The van der Waals surface area contributed by atoms with Crippen LogP contribution in [0.25, 0.3) is 0 Å². The summed E-state index contributed by atoms with van der Waals surface area (Å²) in [4.78, 5) is 24.5. The highest BCUT2D eigenvalue weighted by molar-refractivity contribution is 6.11. The Kier molecular flexibility index (Phi) is 2.66. The van der Waals surface area contributed by atoms with Gasteiger partial charge < -0.3 is 10.4 Å². The molecule has 2 N–H and O–H groups in total. The predicted molar refractivity (Wildman–Crippen MR) is 82.0 cm³/mol. The Morgan fingerprint density at radius 1 is 0.909 bits per heavy atom. The van der Waals surface area contributed by atoms with E-state index in [1.165, 1.54) is 6.08 Å². The number of amides is 1. The summed E-state index contributed by atoms with van der Waals surface area (Å²) in [6.45, 7) is 0. The van der Waals surface area contributed by atoms with E-state index in [0.717, 1.165) is 16.8 Å². The number of rotatable bonds is 1. The number of allylic oxidation sites excluding steroid dienone is 2. The molecule has 1 aliphatic carbocycles. The normalized spacial score (nSPS) is 22.6. The fourth-order valence-corrected chi connectivity index (χ4v) is 3.33. The molecule has 2 aromatic rings. The van der Waals surface area contributed by atoms with Gasteiger partial charge in [0.1, 0.15) is 0 Å². The highest BCUT2D eigenvalue weighted by atomic mass is 16.3. The predicted octanol–water partition coefficient (Wildman–Crippen LogP) is 3.14. The molecule has 0 aromatic heterocycles. The molecule has 2 atom stereocenters. The minimum atomic E-state index is -0.437. The van der Waals surface area contributed by atoms with E-state index in [2.05, 4.69) is 5.32 Å². The quantitative estimate of drug-likeness (QED) is 0.848. The van der Waals surface area contributed by atoms with Crippen molar-refractivity contribution in [3.8, 4) is 0 Å². The SMILES string of the molecule is O=C1C(O)=CC(C2C(=O)Nc3ccccc32)c2ccccc21. The second-order valence-electron chi connectivity index (χ2n) is 5.55. The van der Waals surface area contributed by atoms with Gasteiger partial charge in [0.15, 0.2) is 5.76 Å². The molecule has 2 unspecified atom stereocenters. The molecule has 4 nitrogen and oxygen atoms in total. The highest BCUT2D eigenvalue weighted by Gasteiger charge is 2.40. The average Bonchev–Trinajstić information content (AvgIpc) is 2.87. The Labute approximate surface area is 127 Å². The Bertz CT molecular complexity index is 838. The first-order chi connectivity index (χ1) is 10.7. The van der Waals surface area contributed by atoms with Crippen LogP contribution in [0.15, 0.2) is 60.4 Å². The molecule has 4 rings (SSSR count). The number of carbonyl (C=O) groups excluding carboxylic acids is 2. The molecule has 1 aliphatic heterocycles. The Morgan fingerprint density at radius 3 is 2.41 bits per heavy atom. The van der Waals surface area contributed by atoms with Crippen molar-refractivity contribution in [1.29, 1.82) is 0 Å². The van der Waals surface area contributed by atoms with Crippen LogP contribution in [0, 0.1) is 0 Å². The fraction of sp³-hybridized carbons (Fsp3) is 0.111. The zero-order valence-corrected chi connectivity index (χ0v) is 11.6. The topological polar surface area (TPSA) is 66.4 Å². The van der Waals surface area contributed by atoms with Crippen LogP contribution in [-0.2, 0) is 4.79 Å². The molecule has 1 amide bonds. The van der Waals surface area contributed by atoms with Crippen molar-refractivity contribution in [3.63, 3.8) is 0 Å². The number of aliphatic hydroxyl groups is 1. The number of anilines is 1. The molecular formula is C18H13NO3. The third-order valence-corrected chi connectivity index (χ3v) is 4.33. The number of hydrogen-bond donors (Lipinski definition) is 2. The van der Waals surface area contributed by atoms with Gasteiger partial charge in [-0.15, -0.1) is 0 Å². The van der Waals surface area contributed by atoms with Gasteiger partial charge in [0.05, 0.1) is 5.92 Å². The number of hydrogen-bond acceptors (Lipinski definition) is 3. The number of carbonyl (C=O) groups is 2. The largest absolute Gasteiger partial charge is 0.504 e. The first-order valence-corrected chi connectivity index (χ1v) is 7.11. The molecule has 108 valence electrons. The summed E-state index contributed by atoms with van der Waals surface area (Å²) in [5.74, 6) is -1.58. The van der Waals surface area contributed by atoms with Crippen molar-refractivity contribution in [1.82, 2.24) is 0 Å². The maximum absolute atomic E-state index is 12.4. The van der Waals surface area contributed by atoms with E-state index < -0.39 is 11.7 Å². The Hall–Kier alpha value is -2.88. The lowest BCUT2D eigenvalue weighted by atomic mass is 9.76. The summed E-state index contributed by atoms with van der Waals surface area (Å²) in [5, 5.41) is 12.8. The lowest BCUT2D eigenvalue weighted by Gasteiger charge is -2.25. The summed E-state index contributed by atoms with van der Waals surface area (Å²) in [6.07, 6.45) is 1.50. The van der Waals surface area contributed by atoms with Crippen molar-refractivity contribution in [2.45, 2.75) is 11.8 Å². The second kappa shape index (κ2) is 4.56. The second-order valence-corrected chi connectivity index (χ2v) is 5.55. The van der Waals surface area contributed by atoms with Crippen LogP contribution >= 0.6 is 0 Å². The van der Waals surface area contributed by atoms with Gasteiger partial charge in [0, 0.05) is 17.2 Å². The molecule has 0 fully saturated rings. The zero-order chi connectivity index (χ0) is 15.3. The van der Waals surface area contributed by atoms with Crippen LogP contribution in [-0.4, -0.2) is 16.8 Å². The van der Waals surface area contributed by atoms with Crippen molar-refractivity contribution in [2.75, 3.05) is 5.32 Å². The number of nitrogens with one attached hydrogen (secondary N) is 1. The molecule has 4 heteroatoms. The summed E-state index contributed by atoms with van der Waals surface area (Å²) < 4.78 is 0. The van der Waals surface area contributed by atoms with Crippen molar-refractivity contribution < 1.29 is 14.7 Å². The molecule has 0 saturated heterocycles. The minimum Gasteiger partial charge on any atom is -0.504 e. The standard InChI is InChI=1S/C18H13NO3/c20-15-9-13(10-5-1-2-6-11(10)17(15)21)16-12-7-3-4-8-14(12)19-18(16)22/h1-9,13,16,20H,(H,19,22). The molecule has 22 heavy (non-hydrogen) atoms. The lowest BCUT2D eigenvalue weighted by molar-refractivity contribution is -0.117. The van der Waals surface area contributed by atoms with Crippen molar-refractivity contribution in [2.24, 2.45) is 0 Å². The maximum atomic E-state index is 12.4. The van der Waals surface area contributed by atoms with Gasteiger partial charge in [-0.25, -0.2) is 0 Å². The molecule has 0 saturated carbocycles. The number of para-hydroxylation sites is 1. The van der Waals surface area contributed by atoms with Gasteiger partial charge in [-0.3, -0.25) is 9.59 Å². The van der Waals surface area contributed by atoms with Crippen LogP contribution in [0.3, 0.4) is 0 Å². The molecule has 0 spiro atoms. The Morgan fingerprint density at radius 2 is 1.59 bits per heavy atom. The van der Waals surface area contributed by atoms with Gasteiger partial charge in [0.25, 0.3) is 0 Å². The molecule has 2 aromatic carbocycles. The van der Waals surface area contributed by atoms with Crippen molar-refractivity contribution in [3.05, 3.63) is 77.1 Å². The third-order valence-electron chi connectivity index (χ3n) is 4.33. The lowest BCUT2D eigenvalue weighted by Crippen LogP contribution is -2.24. The van der Waals surface area contributed by atoms with Gasteiger partial charge in [-0.05, 0) is 23.3 Å². The molecule has 1 heterocycles. The summed E-state index contributed by atoms with van der Waals surface area (Å²) in [7, 11) is 0. The van der Waals surface area contributed by atoms with E-state index in [4.69, 9.17) is 0 Å². The maximum Gasteiger partial charge on any atom is 0.232 e. The van der Waals surface area contributed by atoms with Crippen LogP contribution in [0.2, 0.25) is 0 Å². The van der Waals surface area contributed by atoms with E-state index in [-0.39, 0.29) is 17.6 Å². The Balaban J connectivity index is 1.90. The minimum absolute atomic E-state index is 0.112. The van der Waals surface area contributed by atoms with E-state index >= 15 is 0 Å². The first-order valence-electron chi connectivity index (χ1n) is 7.11. The first kappa shape index (κ1) is 12.8. The molecule has 0 radical (unpaired) electrons. The van der Waals surface area contributed by atoms with Crippen LogP contribution in [0.4, 0.5) is 5.69 Å². The van der Waals surface area contributed by atoms with E-state index in [9.17, 15) is 14.7 Å². The number of Topliss-reactive ketones (excluding diaryl/α,β-unsaturated/α-hetero) is 1. The highest BCUT2D eigenvalue weighted by Crippen LogP contribution is 2.45. The monoisotopic (exact) mass is 291 g/mol. The van der Waals surface area contributed by atoms with E-state index in [1.807, 2.05) is 36.4 Å². The van der Waals surface area contributed by atoms with E-state index in [1.54, 1.807) is 12.1 Å². The zero-order valence-electron chi connectivity index (χ0n) is 11.6. The number of fused-ring (bicyclic) bond motifs is 2. The molecule has 0 bridgehead atoms. The van der Waals surface area contributed by atoms with Gasteiger partial charge in [-0.1, -0.05) is 42.5 Å². The van der Waals surface area contributed by atoms with Crippen LogP contribution in [0.1, 0.15) is 33.3 Å². The fourth-order valence-electron chi connectivity index (χ4n) is 3.33. The molecule has 2 aliphatic rings. The van der Waals surface area contributed by atoms with Gasteiger partial charge in [-0.2, -0.15) is 0 Å². The summed E-state index contributed by atoms with van der Waals surface area (Å²) in [5.41, 5.74) is 2.93. The average molecular weight is 291 g/mol. The summed E-state index contributed by atoms with van der Waals surface area (Å²) >= 11 is 0. The number of aliphatic hydroxyl groups excluding tert-OH is 1. The van der Waals surface area contributed by atoms with E-state index in [0.29, 0.717) is 5.56 Å². The van der Waals surface area contributed by atoms with Crippen LogP contribution < -0.4 is 5.32 Å². The number of benzene rings is 2. The number of ketones is 1. The smallest absolute Gasteiger partial charge is 0.232 e. The third kappa shape index (κ3) is 1.70. The van der Waals surface area contributed by atoms with Crippen molar-refractivity contribution >= 4 is 17.4 Å².